The average Bonchev–Trinajstić information content (AvgIpc) is 2.38. The molecule has 3 nitrogen and oxygen atoms in total. The number of halogens is 3. The second kappa shape index (κ2) is 4.97. The zero-order valence-electron chi connectivity index (χ0n) is 9.74. The number of alkyl halides is 3. The molecule has 0 bridgehead atoms. The van der Waals surface area contributed by atoms with Crippen molar-refractivity contribution in [2.45, 2.75) is 19.1 Å². The van der Waals surface area contributed by atoms with Crippen LogP contribution in [0.3, 0.4) is 0 Å². The molecular formula is C12H14F3N3. The highest BCUT2D eigenvalue weighted by Gasteiger charge is 2.33. The monoisotopic (exact) mass is 257 g/mol. The highest BCUT2D eigenvalue weighted by Crippen LogP contribution is 2.30. The molecule has 98 valence electrons. The Morgan fingerprint density at radius 1 is 1.28 bits per heavy atom. The van der Waals surface area contributed by atoms with Gasteiger partial charge in [-0.2, -0.15) is 13.2 Å². The second-order valence-corrected chi connectivity index (χ2v) is 4.09. The van der Waals surface area contributed by atoms with Crippen LogP contribution in [0.4, 0.5) is 19.0 Å². The summed E-state index contributed by atoms with van der Waals surface area (Å²) in [5.74, 6) is 0.344. The molecule has 0 atom stereocenters. The molecule has 1 aromatic rings. The van der Waals surface area contributed by atoms with Crippen molar-refractivity contribution in [3.63, 3.8) is 0 Å². The van der Waals surface area contributed by atoms with Crippen LogP contribution >= 0.6 is 0 Å². The van der Waals surface area contributed by atoms with Gasteiger partial charge >= 0.3 is 6.18 Å². The Labute approximate surface area is 103 Å². The first-order valence-corrected chi connectivity index (χ1v) is 5.69. The lowest BCUT2D eigenvalue weighted by Crippen LogP contribution is -2.30. The van der Waals surface area contributed by atoms with Crippen LogP contribution in [-0.4, -0.2) is 18.1 Å². The Hall–Kier alpha value is -1.56. The number of pyridine rings is 1. The first-order valence-electron chi connectivity index (χ1n) is 5.69. The van der Waals surface area contributed by atoms with E-state index in [0.717, 1.165) is 12.5 Å². The number of rotatable bonds is 2. The molecule has 0 aliphatic carbocycles. The summed E-state index contributed by atoms with van der Waals surface area (Å²) < 4.78 is 37.9. The molecular weight excluding hydrogens is 243 g/mol. The molecule has 0 aromatic carbocycles. The van der Waals surface area contributed by atoms with Crippen LogP contribution in [-0.2, 0) is 12.7 Å². The van der Waals surface area contributed by atoms with Gasteiger partial charge in [-0.15, -0.1) is 0 Å². The number of nitrogens with two attached hydrogens (primary N) is 1. The molecule has 18 heavy (non-hydrogen) atoms. The lowest BCUT2D eigenvalue weighted by atomic mass is 10.2. The van der Waals surface area contributed by atoms with Gasteiger partial charge in [0, 0.05) is 25.2 Å². The molecule has 2 heterocycles. The zero-order valence-corrected chi connectivity index (χ0v) is 9.74. The summed E-state index contributed by atoms with van der Waals surface area (Å²) in [6, 6.07) is 2.38. The molecule has 0 saturated carbocycles. The molecule has 0 saturated heterocycles. The molecule has 2 N–H and O–H groups in total. The van der Waals surface area contributed by atoms with Crippen molar-refractivity contribution in [3.05, 3.63) is 35.5 Å². The summed E-state index contributed by atoms with van der Waals surface area (Å²) in [6.45, 7) is 1.42. The van der Waals surface area contributed by atoms with Gasteiger partial charge in [0.2, 0.25) is 0 Å². The van der Waals surface area contributed by atoms with Gasteiger partial charge in [-0.05, 0) is 12.5 Å². The lowest BCUT2D eigenvalue weighted by molar-refractivity contribution is -0.141. The van der Waals surface area contributed by atoms with Gasteiger partial charge in [-0.25, -0.2) is 4.98 Å². The quantitative estimate of drug-likeness (QED) is 0.827. The predicted octanol–water partition coefficient (Wildman–Crippen LogP) is 2.33. The van der Waals surface area contributed by atoms with E-state index in [9.17, 15) is 13.2 Å². The van der Waals surface area contributed by atoms with E-state index in [4.69, 9.17) is 5.73 Å². The van der Waals surface area contributed by atoms with E-state index >= 15 is 0 Å². The van der Waals surface area contributed by atoms with Crippen molar-refractivity contribution < 1.29 is 13.2 Å². The topological polar surface area (TPSA) is 42.1 Å². The summed E-state index contributed by atoms with van der Waals surface area (Å²) >= 11 is 0. The Morgan fingerprint density at radius 2 is 2.06 bits per heavy atom. The normalized spacial score (nSPS) is 16.1. The largest absolute Gasteiger partial charge is 0.433 e. The first kappa shape index (κ1) is 12.9. The Bertz CT molecular complexity index is 454. The van der Waals surface area contributed by atoms with E-state index in [1.807, 2.05) is 17.1 Å². The predicted molar refractivity (Wildman–Crippen MR) is 63.1 cm³/mol. The van der Waals surface area contributed by atoms with Crippen LogP contribution < -0.4 is 10.6 Å². The molecule has 1 aliphatic heterocycles. The van der Waals surface area contributed by atoms with Gasteiger partial charge in [0.05, 0.1) is 0 Å². The molecule has 2 rings (SSSR count). The number of anilines is 1. The highest BCUT2D eigenvalue weighted by atomic mass is 19.4. The molecule has 0 spiro atoms. The van der Waals surface area contributed by atoms with Crippen LogP contribution in [0.15, 0.2) is 24.3 Å². The van der Waals surface area contributed by atoms with Crippen molar-refractivity contribution in [1.29, 1.82) is 0 Å². The van der Waals surface area contributed by atoms with E-state index in [0.29, 0.717) is 24.5 Å². The van der Waals surface area contributed by atoms with Crippen molar-refractivity contribution in [2.75, 3.05) is 18.0 Å². The van der Waals surface area contributed by atoms with Gasteiger partial charge < -0.3 is 10.6 Å². The van der Waals surface area contributed by atoms with E-state index in [2.05, 4.69) is 4.98 Å². The number of nitrogens with zero attached hydrogens (tertiary/aromatic N) is 2. The van der Waals surface area contributed by atoms with Crippen LogP contribution in [0.5, 0.6) is 0 Å². The van der Waals surface area contributed by atoms with Crippen molar-refractivity contribution in [2.24, 2.45) is 5.73 Å². The summed E-state index contributed by atoms with van der Waals surface area (Å²) in [5, 5.41) is 0. The van der Waals surface area contributed by atoms with Gasteiger partial charge in [-0.3, -0.25) is 0 Å². The average molecular weight is 257 g/mol. The third-order valence-electron chi connectivity index (χ3n) is 2.82. The van der Waals surface area contributed by atoms with Gasteiger partial charge in [-0.1, -0.05) is 18.2 Å². The molecule has 1 aliphatic rings. The minimum absolute atomic E-state index is 0.181. The Balaban J connectivity index is 2.39. The van der Waals surface area contributed by atoms with Crippen molar-refractivity contribution in [3.8, 4) is 0 Å². The third-order valence-corrected chi connectivity index (χ3v) is 2.82. The summed E-state index contributed by atoms with van der Waals surface area (Å²) in [7, 11) is 0. The maximum Gasteiger partial charge on any atom is 0.433 e. The van der Waals surface area contributed by atoms with E-state index in [-0.39, 0.29) is 6.54 Å². The van der Waals surface area contributed by atoms with Gasteiger partial charge in [0.25, 0.3) is 0 Å². The Morgan fingerprint density at radius 3 is 2.61 bits per heavy atom. The maximum absolute atomic E-state index is 12.6. The summed E-state index contributed by atoms with van der Waals surface area (Å²) in [6.07, 6.45) is 0.313. The molecule has 0 amide bonds. The fourth-order valence-electron chi connectivity index (χ4n) is 1.90. The fourth-order valence-corrected chi connectivity index (χ4v) is 1.90. The third kappa shape index (κ3) is 2.64. The van der Waals surface area contributed by atoms with E-state index in [1.165, 1.54) is 6.07 Å². The zero-order chi connectivity index (χ0) is 13.2. The van der Waals surface area contributed by atoms with Crippen LogP contribution in [0, 0.1) is 0 Å². The maximum atomic E-state index is 12.6. The van der Waals surface area contributed by atoms with Gasteiger partial charge in [0.15, 0.2) is 0 Å². The van der Waals surface area contributed by atoms with E-state index in [1.54, 1.807) is 0 Å². The minimum atomic E-state index is -4.42. The summed E-state index contributed by atoms with van der Waals surface area (Å²) in [4.78, 5) is 5.54. The summed E-state index contributed by atoms with van der Waals surface area (Å²) in [5.41, 5.74) is 5.32. The van der Waals surface area contributed by atoms with Crippen molar-refractivity contribution in [1.82, 2.24) is 4.98 Å². The lowest BCUT2D eigenvalue weighted by Gasteiger charge is -2.27. The molecule has 0 unspecified atom stereocenters. The standard InChI is InChI=1S/C12H14F3N3/c13-12(14,15)10-5-4-9(8-16)11(17-10)18-6-2-1-3-7-18/h1-2,4-5H,3,6-8,16H2. The SMILES string of the molecule is NCc1ccc(C(F)(F)F)nc1N1CC=CCC1. The highest BCUT2D eigenvalue weighted by molar-refractivity contribution is 5.49. The molecule has 6 heteroatoms. The second-order valence-electron chi connectivity index (χ2n) is 4.09. The molecule has 0 fully saturated rings. The number of hydrogen-bond donors (Lipinski definition) is 1. The van der Waals surface area contributed by atoms with Crippen molar-refractivity contribution >= 4 is 5.82 Å². The first-order chi connectivity index (χ1) is 8.52. The number of hydrogen-bond acceptors (Lipinski definition) is 3. The Kier molecular flexibility index (Phi) is 3.56. The van der Waals surface area contributed by atoms with Gasteiger partial charge in [0.1, 0.15) is 11.5 Å². The molecule has 1 aromatic heterocycles. The van der Waals surface area contributed by atoms with Crippen LogP contribution in [0.25, 0.3) is 0 Å². The van der Waals surface area contributed by atoms with Crippen LogP contribution in [0.1, 0.15) is 17.7 Å². The smallest absolute Gasteiger partial charge is 0.352 e. The minimum Gasteiger partial charge on any atom is -0.352 e. The van der Waals surface area contributed by atoms with Crippen LogP contribution in [0.2, 0.25) is 0 Å². The fraction of sp³-hybridized carbons (Fsp3) is 0.417. The molecule has 0 radical (unpaired) electrons. The number of aromatic nitrogens is 1. The van der Waals surface area contributed by atoms with E-state index < -0.39 is 11.9 Å².